The van der Waals surface area contributed by atoms with Gasteiger partial charge in [-0.2, -0.15) is 0 Å². The molecule has 0 aliphatic heterocycles. The summed E-state index contributed by atoms with van der Waals surface area (Å²) in [6, 6.07) is 6.86. The third-order valence-electron chi connectivity index (χ3n) is 2.42. The number of methoxy groups -OCH3 is 1. The molecule has 1 aromatic carbocycles. The predicted octanol–water partition coefficient (Wildman–Crippen LogP) is 1.74. The first-order chi connectivity index (χ1) is 8.74. The average molecular weight is 242 g/mol. The van der Waals surface area contributed by atoms with E-state index in [-0.39, 0.29) is 11.8 Å². The van der Waals surface area contributed by atoms with E-state index in [2.05, 4.69) is 14.7 Å². The molecule has 0 saturated carbocycles. The first kappa shape index (κ1) is 11.9. The average Bonchev–Trinajstić information content (AvgIpc) is 2.47. The molecule has 1 aromatic heterocycles. The number of aromatic nitrogens is 2. The van der Waals surface area contributed by atoms with Gasteiger partial charge in [0, 0.05) is 18.0 Å². The van der Waals surface area contributed by atoms with Crippen molar-refractivity contribution in [2.24, 2.45) is 0 Å². The zero-order valence-corrected chi connectivity index (χ0v) is 9.66. The number of carbonyl (C=O) groups excluding carboxylic acids is 2. The summed E-state index contributed by atoms with van der Waals surface area (Å²) < 4.78 is 4.61. The van der Waals surface area contributed by atoms with E-state index >= 15 is 0 Å². The van der Waals surface area contributed by atoms with Crippen LogP contribution in [0.5, 0.6) is 0 Å². The first-order valence-corrected chi connectivity index (χ1v) is 5.20. The standard InChI is InChI=1S/C13H10N2O3/c1-18-13(17)10-4-2-9(3-5-10)11-6-14-12(8-16)15-7-11/h2-8H,1H3. The molecule has 0 unspecified atom stereocenters. The molecular formula is C13H10N2O3. The van der Waals surface area contributed by atoms with Gasteiger partial charge in [-0.3, -0.25) is 4.79 Å². The van der Waals surface area contributed by atoms with Crippen molar-refractivity contribution in [3.8, 4) is 11.1 Å². The van der Waals surface area contributed by atoms with Gasteiger partial charge < -0.3 is 4.74 Å². The van der Waals surface area contributed by atoms with Crippen LogP contribution in [0.1, 0.15) is 21.0 Å². The number of esters is 1. The van der Waals surface area contributed by atoms with Gasteiger partial charge in [0.25, 0.3) is 0 Å². The number of hydrogen-bond acceptors (Lipinski definition) is 5. The summed E-state index contributed by atoms with van der Waals surface area (Å²) in [5.74, 6) is -0.237. The molecule has 0 amide bonds. The highest BCUT2D eigenvalue weighted by Crippen LogP contribution is 2.18. The minimum absolute atomic E-state index is 0.143. The molecule has 0 saturated heterocycles. The summed E-state index contributed by atoms with van der Waals surface area (Å²) in [4.78, 5) is 29.4. The monoisotopic (exact) mass is 242 g/mol. The molecule has 0 aliphatic carbocycles. The minimum Gasteiger partial charge on any atom is -0.465 e. The highest BCUT2D eigenvalue weighted by molar-refractivity contribution is 5.89. The van der Waals surface area contributed by atoms with Gasteiger partial charge in [-0.15, -0.1) is 0 Å². The molecule has 0 aliphatic rings. The van der Waals surface area contributed by atoms with Gasteiger partial charge in [-0.1, -0.05) is 12.1 Å². The van der Waals surface area contributed by atoms with Crippen LogP contribution in [0.4, 0.5) is 0 Å². The zero-order valence-electron chi connectivity index (χ0n) is 9.66. The molecule has 0 bridgehead atoms. The number of rotatable bonds is 3. The number of carbonyl (C=O) groups is 2. The summed E-state index contributed by atoms with van der Waals surface area (Å²) in [6.45, 7) is 0. The van der Waals surface area contributed by atoms with Gasteiger partial charge >= 0.3 is 5.97 Å². The molecule has 0 fully saturated rings. The van der Waals surface area contributed by atoms with Crippen molar-refractivity contribution in [3.05, 3.63) is 48.0 Å². The maximum atomic E-state index is 11.3. The lowest BCUT2D eigenvalue weighted by atomic mass is 10.1. The Kier molecular flexibility index (Phi) is 3.43. The van der Waals surface area contributed by atoms with E-state index in [0.29, 0.717) is 11.8 Å². The fraction of sp³-hybridized carbons (Fsp3) is 0.0769. The lowest BCUT2D eigenvalue weighted by Crippen LogP contribution is -2.00. The van der Waals surface area contributed by atoms with Crippen molar-refractivity contribution in [2.45, 2.75) is 0 Å². The number of nitrogens with zero attached hydrogens (tertiary/aromatic N) is 2. The highest BCUT2D eigenvalue weighted by Gasteiger charge is 2.05. The molecule has 0 spiro atoms. The molecular weight excluding hydrogens is 232 g/mol. The van der Waals surface area contributed by atoms with Gasteiger partial charge in [-0.25, -0.2) is 14.8 Å². The van der Waals surface area contributed by atoms with Crippen molar-refractivity contribution in [1.29, 1.82) is 0 Å². The smallest absolute Gasteiger partial charge is 0.337 e. The van der Waals surface area contributed by atoms with E-state index in [0.717, 1.165) is 11.1 Å². The maximum absolute atomic E-state index is 11.3. The summed E-state index contributed by atoms with van der Waals surface area (Å²) in [6.07, 6.45) is 3.71. The van der Waals surface area contributed by atoms with Gasteiger partial charge in [-0.05, 0) is 17.7 Å². The minimum atomic E-state index is -0.380. The Balaban J connectivity index is 2.28. The van der Waals surface area contributed by atoms with Crippen LogP contribution in [0.15, 0.2) is 36.7 Å². The largest absolute Gasteiger partial charge is 0.465 e. The van der Waals surface area contributed by atoms with Crippen molar-refractivity contribution in [3.63, 3.8) is 0 Å². The third-order valence-corrected chi connectivity index (χ3v) is 2.42. The van der Waals surface area contributed by atoms with E-state index in [1.807, 2.05) is 0 Å². The maximum Gasteiger partial charge on any atom is 0.337 e. The van der Waals surface area contributed by atoms with E-state index in [4.69, 9.17) is 0 Å². The van der Waals surface area contributed by atoms with Crippen LogP contribution in [0, 0.1) is 0 Å². The Morgan fingerprint density at radius 3 is 2.22 bits per heavy atom. The fourth-order valence-corrected chi connectivity index (χ4v) is 1.46. The highest BCUT2D eigenvalue weighted by atomic mass is 16.5. The van der Waals surface area contributed by atoms with E-state index in [9.17, 15) is 9.59 Å². The second-order valence-corrected chi connectivity index (χ2v) is 3.52. The predicted molar refractivity (Wildman–Crippen MR) is 64.2 cm³/mol. The lowest BCUT2D eigenvalue weighted by molar-refractivity contribution is 0.0600. The Bertz CT molecular complexity index is 562. The Morgan fingerprint density at radius 1 is 1.11 bits per heavy atom. The van der Waals surface area contributed by atoms with Crippen LogP contribution >= 0.6 is 0 Å². The van der Waals surface area contributed by atoms with E-state index in [1.54, 1.807) is 36.7 Å². The second-order valence-electron chi connectivity index (χ2n) is 3.52. The Labute approximate surface area is 103 Å². The van der Waals surface area contributed by atoms with E-state index in [1.165, 1.54) is 7.11 Å². The Hall–Kier alpha value is -2.56. The summed E-state index contributed by atoms with van der Waals surface area (Å²) in [7, 11) is 1.34. The molecule has 2 aromatic rings. The topological polar surface area (TPSA) is 69.2 Å². The van der Waals surface area contributed by atoms with Crippen molar-refractivity contribution in [1.82, 2.24) is 9.97 Å². The molecule has 0 atom stereocenters. The fourth-order valence-electron chi connectivity index (χ4n) is 1.46. The summed E-state index contributed by atoms with van der Waals surface area (Å²) >= 11 is 0. The van der Waals surface area contributed by atoms with Gasteiger partial charge in [0.05, 0.1) is 12.7 Å². The van der Waals surface area contributed by atoms with Crippen molar-refractivity contribution in [2.75, 3.05) is 7.11 Å². The van der Waals surface area contributed by atoms with Gasteiger partial charge in [0.2, 0.25) is 0 Å². The summed E-state index contributed by atoms with van der Waals surface area (Å²) in [5.41, 5.74) is 2.11. The van der Waals surface area contributed by atoms with Crippen LogP contribution in [0.3, 0.4) is 0 Å². The van der Waals surface area contributed by atoms with Crippen LogP contribution < -0.4 is 0 Å². The SMILES string of the molecule is COC(=O)c1ccc(-c2cnc(C=O)nc2)cc1. The number of benzene rings is 1. The number of aldehydes is 1. The molecule has 0 N–H and O–H groups in total. The van der Waals surface area contributed by atoms with E-state index < -0.39 is 0 Å². The second kappa shape index (κ2) is 5.18. The van der Waals surface area contributed by atoms with Crippen molar-refractivity contribution < 1.29 is 14.3 Å². The van der Waals surface area contributed by atoms with Crippen LogP contribution in [0.2, 0.25) is 0 Å². The van der Waals surface area contributed by atoms with Crippen molar-refractivity contribution >= 4 is 12.3 Å². The zero-order chi connectivity index (χ0) is 13.0. The molecule has 90 valence electrons. The normalized spacial score (nSPS) is 9.83. The Morgan fingerprint density at radius 2 is 1.72 bits per heavy atom. The lowest BCUT2D eigenvalue weighted by Gasteiger charge is -2.02. The quantitative estimate of drug-likeness (QED) is 0.605. The molecule has 1 heterocycles. The van der Waals surface area contributed by atoms with Crippen LogP contribution in [-0.4, -0.2) is 29.3 Å². The molecule has 2 rings (SSSR count). The molecule has 0 radical (unpaired) electrons. The molecule has 18 heavy (non-hydrogen) atoms. The third kappa shape index (κ3) is 2.40. The van der Waals surface area contributed by atoms with Crippen LogP contribution in [0.25, 0.3) is 11.1 Å². The summed E-state index contributed by atoms with van der Waals surface area (Å²) in [5, 5.41) is 0. The number of ether oxygens (including phenoxy) is 1. The molecule has 5 heteroatoms. The van der Waals surface area contributed by atoms with Gasteiger partial charge in [0.15, 0.2) is 12.1 Å². The van der Waals surface area contributed by atoms with Crippen LogP contribution in [-0.2, 0) is 4.74 Å². The number of hydrogen-bond donors (Lipinski definition) is 0. The molecule has 5 nitrogen and oxygen atoms in total. The first-order valence-electron chi connectivity index (χ1n) is 5.20. The van der Waals surface area contributed by atoms with Gasteiger partial charge in [0.1, 0.15) is 0 Å².